The normalized spacial score (nSPS) is 24.3. The van der Waals surface area contributed by atoms with Crippen molar-refractivity contribution in [3.8, 4) is 0 Å². The van der Waals surface area contributed by atoms with Crippen molar-refractivity contribution >= 4 is 22.7 Å². The van der Waals surface area contributed by atoms with Crippen LogP contribution < -0.4 is 5.32 Å². The van der Waals surface area contributed by atoms with Gasteiger partial charge in [0, 0.05) is 30.2 Å². The lowest BCUT2D eigenvalue weighted by molar-refractivity contribution is -0.146. The maximum Gasteiger partial charge on any atom is 0.246 e. The monoisotopic (exact) mass is 313 g/mol. The van der Waals surface area contributed by atoms with Crippen molar-refractivity contribution in [2.75, 3.05) is 19.7 Å². The molecular formula is C17H19N3O3. The van der Waals surface area contributed by atoms with Crippen molar-refractivity contribution in [2.24, 2.45) is 0 Å². The van der Waals surface area contributed by atoms with Gasteiger partial charge in [-0.3, -0.25) is 9.59 Å². The first-order valence-electron chi connectivity index (χ1n) is 7.94. The summed E-state index contributed by atoms with van der Waals surface area (Å²) in [6.07, 6.45) is 3.08. The number of likely N-dealkylation sites (tertiary alicyclic amines) is 1. The number of para-hydroxylation sites is 1. The Kier molecular flexibility index (Phi) is 3.53. The van der Waals surface area contributed by atoms with Crippen LogP contribution in [0.25, 0.3) is 10.9 Å². The van der Waals surface area contributed by atoms with E-state index in [1.807, 2.05) is 35.4 Å². The molecule has 0 saturated carbocycles. The molecule has 2 N–H and O–H groups in total. The molecular weight excluding hydrogens is 294 g/mol. The first-order valence-corrected chi connectivity index (χ1v) is 7.94. The lowest BCUT2D eigenvalue weighted by Gasteiger charge is -2.41. The molecule has 2 amide bonds. The smallest absolute Gasteiger partial charge is 0.246 e. The SMILES string of the molecule is O=C1CO[C@H]2CCN(C(=O)Cc3c[nH]c4ccccc34)C[C@@H]2N1. The maximum absolute atomic E-state index is 12.6. The van der Waals surface area contributed by atoms with Gasteiger partial charge in [0.25, 0.3) is 0 Å². The summed E-state index contributed by atoms with van der Waals surface area (Å²) in [5.74, 6) is -0.00907. The number of benzene rings is 1. The van der Waals surface area contributed by atoms with Crippen molar-refractivity contribution < 1.29 is 14.3 Å². The molecule has 0 bridgehead atoms. The third kappa shape index (κ3) is 2.70. The lowest BCUT2D eigenvalue weighted by Crippen LogP contribution is -2.61. The molecule has 2 aliphatic heterocycles. The average molecular weight is 313 g/mol. The van der Waals surface area contributed by atoms with Gasteiger partial charge in [-0.25, -0.2) is 0 Å². The van der Waals surface area contributed by atoms with Gasteiger partial charge in [-0.1, -0.05) is 18.2 Å². The second-order valence-corrected chi connectivity index (χ2v) is 6.19. The van der Waals surface area contributed by atoms with Gasteiger partial charge in [-0.05, 0) is 18.1 Å². The van der Waals surface area contributed by atoms with E-state index >= 15 is 0 Å². The van der Waals surface area contributed by atoms with Crippen LogP contribution >= 0.6 is 0 Å². The van der Waals surface area contributed by atoms with Crippen molar-refractivity contribution in [3.63, 3.8) is 0 Å². The molecule has 4 rings (SSSR count). The fourth-order valence-corrected chi connectivity index (χ4v) is 3.48. The largest absolute Gasteiger partial charge is 0.366 e. The first-order chi connectivity index (χ1) is 11.2. The van der Waals surface area contributed by atoms with Crippen molar-refractivity contribution in [2.45, 2.75) is 25.0 Å². The molecule has 6 heteroatoms. The van der Waals surface area contributed by atoms with E-state index in [4.69, 9.17) is 4.74 Å². The second-order valence-electron chi connectivity index (χ2n) is 6.19. The van der Waals surface area contributed by atoms with Crippen LogP contribution in [0.4, 0.5) is 0 Å². The quantitative estimate of drug-likeness (QED) is 0.862. The van der Waals surface area contributed by atoms with Crippen LogP contribution in [0.3, 0.4) is 0 Å². The summed E-state index contributed by atoms with van der Waals surface area (Å²) < 4.78 is 5.53. The van der Waals surface area contributed by atoms with E-state index in [0.29, 0.717) is 19.5 Å². The minimum absolute atomic E-state index is 0.0323. The lowest BCUT2D eigenvalue weighted by atomic mass is 9.99. The minimum Gasteiger partial charge on any atom is -0.366 e. The number of fused-ring (bicyclic) bond motifs is 2. The molecule has 6 nitrogen and oxygen atoms in total. The highest BCUT2D eigenvalue weighted by atomic mass is 16.5. The van der Waals surface area contributed by atoms with E-state index in [1.165, 1.54) is 0 Å². The summed E-state index contributed by atoms with van der Waals surface area (Å²) in [7, 11) is 0. The molecule has 120 valence electrons. The number of aromatic amines is 1. The van der Waals surface area contributed by atoms with E-state index in [2.05, 4.69) is 10.3 Å². The Morgan fingerprint density at radius 2 is 2.22 bits per heavy atom. The van der Waals surface area contributed by atoms with Gasteiger partial charge in [0.15, 0.2) is 0 Å². The van der Waals surface area contributed by atoms with Crippen LogP contribution in [0.2, 0.25) is 0 Å². The predicted molar refractivity (Wildman–Crippen MR) is 84.9 cm³/mol. The predicted octanol–water partition coefficient (Wildman–Crippen LogP) is 0.826. The Balaban J connectivity index is 1.46. The van der Waals surface area contributed by atoms with Crippen LogP contribution in [0.1, 0.15) is 12.0 Å². The summed E-state index contributed by atoms with van der Waals surface area (Å²) in [5.41, 5.74) is 2.05. The van der Waals surface area contributed by atoms with Gasteiger partial charge >= 0.3 is 0 Å². The van der Waals surface area contributed by atoms with Gasteiger partial charge in [0.05, 0.1) is 18.6 Å². The standard InChI is InChI=1S/C17H19N3O3/c21-16-10-23-15-5-6-20(9-14(15)19-16)17(22)7-11-8-18-13-4-2-1-3-12(11)13/h1-4,8,14-15,18H,5-7,9-10H2,(H,19,21)/t14-,15-/m0/s1. The average Bonchev–Trinajstić information content (AvgIpc) is 2.97. The number of amides is 2. The molecule has 1 aromatic carbocycles. The molecule has 0 aliphatic carbocycles. The Bertz CT molecular complexity index is 754. The van der Waals surface area contributed by atoms with Crippen molar-refractivity contribution in [3.05, 3.63) is 36.0 Å². The van der Waals surface area contributed by atoms with E-state index in [-0.39, 0.29) is 30.6 Å². The molecule has 1 aromatic heterocycles. The van der Waals surface area contributed by atoms with Crippen LogP contribution in [-0.4, -0.2) is 53.5 Å². The number of nitrogens with zero attached hydrogens (tertiary/aromatic N) is 1. The number of rotatable bonds is 2. The Morgan fingerprint density at radius 1 is 1.35 bits per heavy atom. The van der Waals surface area contributed by atoms with Crippen LogP contribution in [0.15, 0.2) is 30.5 Å². The highest BCUT2D eigenvalue weighted by Gasteiger charge is 2.36. The van der Waals surface area contributed by atoms with Crippen molar-refractivity contribution in [1.29, 1.82) is 0 Å². The number of nitrogens with one attached hydrogen (secondary N) is 2. The molecule has 2 aliphatic rings. The van der Waals surface area contributed by atoms with E-state index in [1.54, 1.807) is 0 Å². The number of carbonyl (C=O) groups is 2. The van der Waals surface area contributed by atoms with Gasteiger partial charge in [0.2, 0.25) is 11.8 Å². The third-order valence-electron chi connectivity index (χ3n) is 4.69. The molecule has 3 heterocycles. The maximum atomic E-state index is 12.6. The second kappa shape index (κ2) is 5.70. The van der Waals surface area contributed by atoms with Gasteiger partial charge < -0.3 is 19.9 Å². The van der Waals surface area contributed by atoms with Crippen LogP contribution in [0, 0.1) is 0 Å². The summed E-state index contributed by atoms with van der Waals surface area (Å²) in [6, 6.07) is 7.89. The van der Waals surface area contributed by atoms with Gasteiger partial charge in [0.1, 0.15) is 6.61 Å². The number of H-pyrrole nitrogens is 1. The molecule has 23 heavy (non-hydrogen) atoms. The number of hydrogen-bond donors (Lipinski definition) is 2. The summed E-state index contributed by atoms with van der Waals surface area (Å²) in [5, 5.41) is 4.02. The van der Waals surface area contributed by atoms with E-state index in [0.717, 1.165) is 22.9 Å². The first kappa shape index (κ1) is 14.3. The Morgan fingerprint density at radius 3 is 3.13 bits per heavy atom. The third-order valence-corrected chi connectivity index (χ3v) is 4.69. The van der Waals surface area contributed by atoms with Crippen LogP contribution in [-0.2, 0) is 20.7 Å². The molecule has 0 radical (unpaired) electrons. The number of aromatic nitrogens is 1. The Hall–Kier alpha value is -2.34. The molecule has 0 unspecified atom stereocenters. The summed E-state index contributed by atoms with van der Waals surface area (Å²) in [6.45, 7) is 1.33. The number of piperidine rings is 1. The van der Waals surface area contributed by atoms with E-state index in [9.17, 15) is 9.59 Å². The number of morpholine rings is 1. The van der Waals surface area contributed by atoms with E-state index < -0.39 is 0 Å². The minimum atomic E-state index is -0.0998. The topological polar surface area (TPSA) is 74.4 Å². The number of carbonyl (C=O) groups excluding carboxylic acids is 2. The number of hydrogen-bond acceptors (Lipinski definition) is 3. The zero-order valence-electron chi connectivity index (χ0n) is 12.7. The fourth-order valence-electron chi connectivity index (χ4n) is 3.48. The molecule has 2 fully saturated rings. The highest BCUT2D eigenvalue weighted by molar-refractivity contribution is 5.89. The highest BCUT2D eigenvalue weighted by Crippen LogP contribution is 2.21. The number of ether oxygens (including phenoxy) is 1. The van der Waals surface area contributed by atoms with Gasteiger partial charge in [-0.2, -0.15) is 0 Å². The molecule has 0 spiro atoms. The zero-order valence-corrected chi connectivity index (χ0v) is 12.7. The fraction of sp³-hybridized carbons (Fsp3) is 0.412. The Labute approximate surface area is 133 Å². The van der Waals surface area contributed by atoms with Crippen LogP contribution in [0.5, 0.6) is 0 Å². The van der Waals surface area contributed by atoms with Gasteiger partial charge in [-0.15, -0.1) is 0 Å². The summed E-state index contributed by atoms with van der Waals surface area (Å²) >= 11 is 0. The molecule has 2 atom stereocenters. The summed E-state index contributed by atoms with van der Waals surface area (Å²) in [4.78, 5) is 29.1. The molecule has 2 aromatic rings. The zero-order chi connectivity index (χ0) is 15.8. The molecule has 2 saturated heterocycles. The van der Waals surface area contributed by atoms with Crippen molar-refractivity contribution in [1.82, 2.24) is 15.2 Å².